The second-order valence-corrected chi connectivity index (χ2v) is 5.11. The van der Waals surface area contributed by atoms with E-state index in [2.05, 4.69) is 10.1 Å². The number of ether oxygens (including phenoxy) is 1. The third-order valence-corrected chi connectivity index (χ3v) is 3.52. The van der Waals surface area contributed by atoms with E-state index in [1.165, 1.54) is 0 Å². The number of nitrogens with zero attached hydrogens (tertiary/aromatic N) is 3. The van der Waals surface area contributed by atoms with E-state index in [1.54, 1.807) is 37.4 Å². The van der Waals surface area contributed by atoms with Gasteiger partial charge in [-0.2, -0.15) is 5.10 Å². The van der Waals surface area contributed by atoms with Crippen LogP contribution in [0, 0.1) is 13.8 Å². The first-order valence-corrected chi connectivity index (χ1v) is 6.70. The molecule has 2 N–H and O–H groups in total. The lowest BCUT2D eigenvalue weighted by Gasteiger charge is -2.13. The second kappa shape index (κ2) is 6.05. The van der Waals surface area contributed by atoms with Gasteiger partial charge in [0.05, 0.1) is 31.5 Å². The molecule has 21 heavy (non-hydrogen) atoms. The molecule has 112 valence electrons. The fraction of sp³-hybridized carbons (Fsp3) is 0.400. The number of ketones is 1. The van der Waals surface area contributed by atoms with E-state index < -0.39 is 6.04 Å². The molecule has 0 aliphatic carbocycles. The lowest BCUT2D eigenvalue weighted by atomic mass is 10.0. The number of hydrogen-bond donors (Lipinski definition) is 1. The van der Waals surface area contributed by atoms with E-state index in [0.717, 1.165) is 16.9 Å². The van der Waals surface area contributed by atoms with Gasteiger partial charge in [-0.1, -0.05) is 0 Å². The summed E-state index contributed by atoms with van der Waals surface area (Å²) in [5.74, 6) is 0.673. The predicted octanol–water partition coefficient (Wildman–Crippen LogP) is 1.25. The zero-order valence-corrected chi connectivity index (χ0v) is 12.8. The number of rotatable bonds is 5. The molecule has 0 bridgehead atoms. The average molecular weight is 288 g/mol. The van der Waals surface area contributed by atoms with Gasteiger partial charge in [-0.3, -0.25) is 14.5 Å². The first-order valence-electron chi connectivity index (χ1n) is 6.70. The Morgan fingerprint density at radius 1 is 1.43 bits per heavy atom. The fourth-order valence-electron chi connectivity index (χ4n) is 2.31. The number of hydrogen-bond acceptors (Lipinski definition) is 5. The summed E-state index contributed by atoms with van der Waals surface area (Å²) in [7, 11) is 3.40. The van der Waals surface area contributed by atoms with E-state index in [9.17, 15) is 4.79 Å². The van der Waals surface area contributed by atoms with Crippen molar-refractivity contribution in [2.45, 2.75) is 26.3 Å². The smallest absolute Gasteiger partial charge is 0.160 e. The van der Waals surface area contributed by atoms with Crippen LogP contribution in [0.5, 0.6) is 5.75 Å². The summed E-state index contributed by atoms with van der Waals surface area (Å²) in [5, 5.41) is 4.03. The molecule has 0 aliphatic heterocycles. The molecule has 0 spiro atoms. The number of Topliss-reactive ketones (excluding diaryl/α,β-unsaturated/α-hetero) is 1. The van der Waals surface area contributed by atoms with Crippen molar-refractivity contribution >= 4 is 5.78 Å². The van der Waals surface area contributed by atoms with Crippen LogP contribution in [-0.2, 0) is 18.3 Å². The molecule has 0 amide bonds. The predicted molar refractivity (Wildman–Crippen MR) is 79.1 cm³/mol. The van der Waals surface area contributed by atoms with E-state index in [0.29, 0.717) is 11.3 Å². The maximum absolute atomic E-state index is 12.3. The highest BCUT2D eigenvalue weighted by molar-refractivity contribution is 5.87. The molecule has 0 saturated heterocycles. The van der Waals surface area contributed by atoms with Crippen LogP contribution in [0.15, 0.2) is 18.6 Å². The molecule has 2 heterocycles. The van der Waals surface area contributed by atoms with Gasteiger partial charge in [-0.15, -0.1) is 0 Å². The fourth-order valence-corrected chi connectivity index (χ4v) is 2.31. The molecule has 2 rings (SSSR count). The maximum Gasteiger partial charge on any atom is 0.160 e. The quantitative estimate of drug-likeness (QED) is 0.895. The summed E-state index contributed by atoms with van der Waals surface area (Å²) in [5.41, 5.74) is 9.22. The Balaban J connectivity index is 2.20. The summed E-state index contributed by atoms with van der Waals surface area (Å²) in [6, 6.07) is -0.688. The van der Waals surface area contributed by atoms with Gasteiger partial charge in [0.1, 0.15) is 5.75 Å². The van der Waals surface area contributed by atoms with Crippen LogP contribution in [0.1, 0.15) is 28.4 Å². The van der Waals surface area contributed by atoms with Gasteiger partial charge in [0.2, 0.25) is 0 Å². The third-order valence-electron chi connectivity index (χ3n) is 3.52. The highest BCUT2D eigenvalue weighted by atomic mass is 16.5. The molecule has 6 heteroatoms. The van der Waals surface area contributed by atoms with Gasteiger partial charge in [0, 0.05) is 36.1 Å². The molecule has 0 aliphatic rings. The molecule has 6 nitrogen and oxygen atoms in total. The maximum atomic E-state index is 12.3. The largest absolute Gasteiger partial charge is 0.496 e. The minimum atomic E-state index is -0.688. The van der Waals surface area contributed by atoms with Gasteiger partial charge >= 0.3 is 0 Å². The number of carbonyl (C=O) groups excluding carboxylic acids is 1. The number of nitrogens with two attached hydrogens (primary N) is 1. The number of carbonyl (C=O) groups is 1. The summed E-state index contributed by atoms with van der Waals surface area (Å²) >= 11 is 0. The highest BCUT2D eigenvalue weighted by Gasteiger charge is 2.20. The monoisotopic (exact) mass is 288 g/mol. The van der Waals surface area contributed by atoms with Crippen LogP contribution in [0.2, 0.25) is 0 Å². The third kappa shape index (κ3) is 3.11. The number of aromatic nitrogens is 3. The highest BCUT2D eigenvalue weighted by Crippen LogP contribution is 2.25. The van der Waals surface area contributed by atoms with Gasteiger partial charge < -0.3 is 10.5 Å². The normalized spacial score (nSPS) is 12.2. The first-order chi connectivity index (χ1) is 9.93. The average Bonchev–Trinajstić information content (AvgIpc) is 2.88. The van der Waals surface area contributed by atoms with Crippen molar-refractivity contribution in [1.82, 2.24) is 14.8 Å². The van der Waals surface area contributed by atoms with Crippen LogP contribution in [0.25, 0.3) is 0 Å². The van der Waals surface area contributed by atoms with Gasteiger partial charge in [0.25, 0.3) is 0 Å². The molecule has 0 radical (unpaired) electrons. The van der Waals surface area contributed by atoms with Crippen LogP contribution >= 0.6 is 0 Å². The van der Waals surface area contributed by atoms with E-state index in [4.69, 9.17) is 10.5 Å². The summed E-state index contributed by atoms with van der Waals surface area (Å²) < 4.78 is 6.98. The summed E-state index contributed by atoms with van der Waals surface area (Å²) in [4.78, 5) is 16.6. The molecule has 1 atom stereocenters. The van der Waals surface area contributed by atoms with Crippen molar-refractivity contribution in [3.05, 3.63) is 41.0 Å². The standard InChI is InChI=1S/C15H20N4O2/c1-9-6-17-12(10(2)15(9)21-4)5-13(20)14(16)11-7-18-19(3)8-11/h6-8,14H,5,16H2,1-4H3. The van der Waals surface area contributed by atoms with Crippen LogP contribution < -0.4 is 10.5 Å². The van der Waals surface area contributed by atoms with Crippen molar-refractivity contribution < 1.29 is 9.53 Å². The molecule has 2 aromatic heterocycles. The Bertz CT molecular complexity index is 664. The number of aryl methyl sites for hydroxylation is 2. The Labute approximate surface area is 123 Å². The lowest BCUT2D eigenvalue weighted by Crippen LogP contribution is -2.23. The Morgan fingerprint density at radius 3 is 2.71 bits per heavy atom. The van der Waals surface area contributed by atoms with Crippen molar-refractivity contribution in [2.75, 3.05) is 7.11 Å². The van der Waals surface area contributed by atoms with E-state index in [-0.39, 0.29) is 12.2 Å². The zero-order valence-electron chi connectivity index (χ0n) is 12.8. The summed E-state index contributed by atoms with van der Waals surface area (Å²) in [6.45, 7) is 3.82. The molecule has 0 fully saturated rings. The van der Waals surface area contributed by atoms with Crippen LogP contribution in [0.3, 0.4) is 0 Å². The minimum absolute atomic E-state index is 0.0930. The van der Waals surface area contributed by atoms with Crippen molar-refractivity contribution in [3.63, 3.8) is 0 Å². The first kappa shape index (κ1) is 15.2. The Kier molecular flexibility index (Phi) is 4.37. The topological polar surface area (TPSA) is 83.0 Å². The number of pyridine rings is 1. The van der Waals surface area contributed by atoms with E-state index >= 15 is 0 Å². The van der Waals surface area contributed by atoms with E-state index in [1.807, 2.05) is 13.8 Å². The van der Waals surface area contributed by atoms with Crippen molar-refractivity contribution in [2.24, 2.45) is 12.8 Å². The van der Waals surface area contributed by atoms with Crippen molar-refractivity contribution in [1.29, 1.82) is 0 Å². The molecule has 2 aromatic rings. The number of methoxy groups -OCH3 is 1. The molecule has 0 aromatic carbocycles. The lowest BCUT2D eigenvalue weighted by molar-refractivity contribution is -0.119. The molecular weight excluding hydrogens is 268 g/mol. The summed E-state index contributed by atoms with van der Waals surface area (Å²) in [6.07, 6.45) is 5.25. The zero-order chi connectivity index (χ0) is 15.6. The van der Waals surface area contributed by atoms with Crippen LogP contribution in [-0.4, -0.2) is 27.7 Å². The van der Waals surface area contributed by atoms with Gasteiger partial charge in [0.15, 0.2) is 5.78 Å². The Morgan fingerprint density at radius 2 is 2.14 bits per heavy atom. The van der Waals surface area contributed by atoms with Gasteiger partial charge in [-0.05, 0) is 13.8 Å². The molecule has 0 saturated carbocycles. The van der Waals surface area contributed by atoms with Gasteiger partial charge in [-0.25, -0.2) is 0 Å². The minimum Gasteiger partial charge on any atom is -0.496 e. The molecular formula is C15H20N4O2. The Hall–Kier alpha value is -2.21. The second-order valence-electron chi connectivity index (χ2n) is 5.11. The van der Waals surface area contributed by atoms with Crippen molar-refractivity contribution in [3.8, 4) is 5.75 Å². The van der Waals surface area contributed by atoms with Crippen LogP contribution in [0.4, 0.5) is 0 Å². The SMILES string of the molecule is COc1c(C)cnc(CC(=O)C(N)c2cnn(C)c2)c1C. The molecule has 1 unspecified atom stereocenters.